The van der Waals surface area contributed by atoms with Crippen molar-refractivity contribution in [1.82, 2.24) is 14.9 Å². The van der Waals surface area contributed by atoms with E-state index < -0.39 is 11.9 Å². The Morgan fingerprint density at radius 2 is 2.00 bits per heavy atom. The van der Waals surface area contributed by atoms with Crippen molar-refractivity contribution < 1.29 is 9.59 Å². The Hall–Kier alpha value is -3.29. The van der Waals surface area contributed by atoms with Crippen LogP contribution in [0.15, 0.2) is 48.0 Å². The van der Waals surface area contributed by atoms with Crippen molar-refractivity contribution in [3.05, 3.63) is 54.1 Å². The zero-order chi connectivity index (χ0) is 18.1. The van der Waals surface area contributed by atoms with Gasteiger partial charge < -0.3 is 10.6 Å². The van der Waals surface area contributed by atoms with E-state index in [-0.39, 0.29) is 12.3 Å². The van der Waals surface area contributed by atoms with Crippen LogP contribution < -0.4 is 10.7 Å². The summed E-state index contributed by atoms with van der Waals surface area (Å²) in [5.74, 6) is -0.684. The molecule has 1 aromatic heterocycles. The summed E-state index contributed by atoms with van der Waals surface area (Å²) in [4.78, 5) is 34.8. The van der Waals surface area contributed by atoms with Crippen molar-refractivity contribution in [2.45, 2.75) is 25.4 Å². The number of benzene rings is 1. The normalized spacial score (nSPS) is 19.1. The predicted octanol–water partition coefficient (Wildman–Crippen LogP) is 0.482. The fourth-order valence-electron chi connectivity index (χ4n) is 3.29. The maximum Gasteiger partial charge on any atom is 0.270 e. The molecule has 0 fully saturated rings. The number of para-hydroxylation sites is 1. The second-order valence-corrected chi connectivity index (χ2v) is 6.32. The molecule has 0 aliphatic carbocycles. The van der Waals surface area contributed by atoms with Crippen LogP contribution in [0.1, 0.15) is 17.7 Å². The van der Waals surface area contributed by atoms with Crippen LogP contribution in [-0.4, -0.2) is 45.0 Å². The SMILES string of the molecule is NC(=O)[C@@H]1CC(C(=O)N2CCc3cncnc3C2)=NN1c1ccccc1. The lowest BCUT2D eigenvalue weighted by molar-refractivity contribution is -0.125. The number of fused-ring (bicyclic) bond motifs is 1. The molecule has 8 heteroatoms. The number of amides is 2. The molecule has 0 bridgehead atoms. The number of nitrogens with zero attached hydrogens (tertiary/aromatic N) is 5. The molecule has 2 N–H and O–H groups in total. The molecular weight excluding hydrogens is 332 g/mol. The zero-order valence-electron chi connectivity index (χ0n) is 14.1. The van der Waals surface area contributed by atoms with E-state index in [0.29, 0.717) is 25.2 Å². The van der Waals surface area contributed by atoms with Gasteiger partial charge >= 0.3 is 0 Å². The van der Waals surface area contributed by atoms with Gasteiger partial charge in [0.25, 0.3) is 5.91 Å². The minimum Gasteiger partial charge on any atom is -0.368 e. The molecule has 8 nitrogen and oxygen atoms in total. The Morgan fingerprint density at radius 1 is 1.19 bits per heavy atom. The van der Waals surface area contributed by atoms with E-state index in [1.54, 1.807) is 11.1 Å². The Bertz CT molecular complexity index is 882. The van der Waals surface area contributed by atoms with Gasteiger partial charge in [0, 0.05) is 19.2 Å². The third-order valence-electron chi connectivity index (χ3n) is 4.67. The lowest BCUT2D eigenvalue weighted by Crippen LogP contribution is -2.42. The van der Waals surface area contributed by atoms with Gasteiger partial charge in [0.15, 0.2) is 0 Å². The largest absolute Gasteiger partial charge is 0.368 e. The van der Waals surface area contributed by atoms with Crippen molar-refractivity contribution in [1.29, 1.82) is 0 Å². The average Bonchev–Trinajstić information content (AvgIpc) is 3.13. The van der Waals surface area contributed by atoms with Gasteiger partial charge in [-0.3, -0.25) is 14.6 Å². The fraction of sp³-hybridized carbons (Fsp3) is 0.278. The highest BCUT2D eigenvalue weighted by atomic mass is 16.2. The summed E-state index contributed by atoms with van der Waals surface area (Å²) in [6, 6.07) is 8.59. The molecule has 3 heterocycles. The molecule has 4 rings (SSSR count). The molecule has 2 aliphatic rings. The number of anilines is 1. The van der Waals surface area contributed by atoms with E-state index in [1.165, 1.54) is 11.3 Å². The zero-order valence-corrected chi connectivity index (χ0v) is 14.1. The average molecular weight is 350 g/mol. The second kappa shape index (κ2) is 6.55. The Kier molecular flexibility index (Phi) is 4.08. The lowest BCUT2D eigenvalue weighted by Gasteiger charge is -2.27. The summed E-state index contributed by atoms with van der Waals surface area (Å²) in [6.45, 7) is 0.993. The molecule has 1 atom stereocenters. The minimum atomic E-state index is -0.657. The van der Waals surface area contributed by atoms with Gasteiger partial charge in [0.1, 0.15) is 18.1 Å². The highest BCUT2D eigenvalue weighted by Gasteiger charge is 2.37. The Labute approximate surface area is 150 Å². The number of hydrogen-bond donors (Lipinski definition) is 1. The molecule has 26 heavy (non-hydrogen) atoms. The van der Waals surface area contributed by atoms with Gasteiger partial charge in [-0.15, -0.1) is 0 Å². The number of hydrogen-bond acceptors (Lipinski definition) is 6. The summed E-state index contributed by atoms with van der Waals surface area (Å²) < 4.78 is 0. The summed E-state index contributed by atoms with van der Waals surface area (Å²) in [5, 5.41) is 5.95. The van der Waals surface area contributed by atoms with Crippen LogP contribution in [0.2, 0.25) is 0 Å². The first-order valence-electron chi connectivity index (χ1n) is 8.41. The quantitative estimate of drug-likeness (QED) is 0.867. The number of rotatable bonds is 3. The van der Waals surface area contributed by atoms with Crippen LogP contribution in [0.4, 0.5) is 5.69 Å². The lowest BCUT2D eigenvalue weighted by atomic mass is 10.0. The van der Waals surface area contributed by atoms with Crippen LogP contribution in [-0.2, 0) is 22.6 Å². The van der Waals surface area contributed by atoms with Crippen LogP contribution in [0.5, 0.6) is 0 Å². The van der Waals surface area contributed by atoms with E-state index in [2.05, 4.69) is 15.1 Å². The van der Waals surface area contributed by atoms with Crippen molar-refractivity contribution in [2.75, 3.05) is 11.6 Å². The topological polar surface area (TPSA) is 105 Å². The van der Waals surface area contributed by atoms with Crippen LogP contribution in [0.25, 0.3) is 0 Å². The molecule has 2 aromatic rings. The summed E-state index contributed by atoms with van der Waals surface area (Å²) >= 11 is 0. The van der Waals surface area contributed by atoms with E-state index >= 15 is 0 Å². The summed E-state index contributed by atoms with van der Waals surface area (Å²) in [7, 11) is 0. The fourth-order valence-corrected chi connectivity index (χ4v) is 3.29. The standard InChI is InChI=1S/C18H18N6O2/c19-17(25)16-8-14(22-24(16)13-4-2-1-3-5-13)18(26)23-7-6-12-9-20-11-21-15(12)10-23/h1-5,9,11,16H,6-8,10H2,(H2,19,25)/t16-/m0/s1. The summed E-state index contributed by atoms with van der Waals surface area (Å²) in [5.41, 5.74) is 8.52. The monoisotopic (exact) mass is 350 g/mol. The smallest absolute Gasteiger partial charge is 0.270 e. The van der Waals surface area contributed by atoms with Gasteiger partial charge in [-0.05, 0) is 24.1 Å². The van der Waals surface area contributed by atoms with Crippen molar-refractivity contribution in [3.63, 3.8) is 0 Å². The van der Waals surface area contributed by atoms with Crippen molar-refractivity contribution in [2.24, 2.45) is 10.8 Å². The molecule has 0 saturated heterocycles. The van der Waals surface area contributed by atoms with Crippen molar-refractivity contribution in [3.8, 4) is 0 Å². The maximum atomic E-state index is 12.9. The number of nitrogens with two attached hydrogens (primary N) is 1. The Balaban J connectivity index is 1.57. The predicted molar refractivity (Wildman–Crippen MR) is 95.1 cm³/mol. The van der Waals surface area contributed by atoms with Gasteiger partial charge in [0.05, 0.1) is 17.9 Å². The van der Waals surface area contributed by atoms with Crippen molar-refractivity contribution >= 4 is 23.2 Å². The van der Waals surface area contributed by atoms with E-state index in [9.17, 15) is 9.59 Å². The molecule has 0 spiro atoms. The van der Waals surface area contributed by atoms with Crippen LogP contribution in [0, 0.1) is 0 Å². The first kappa shape index (κ1) is 16.2. The molecule has 0 unspecified atom stereocenters. The van der Waals surface area contributed by atoms with Crippen LogP contribution in [0.3, 0.4) is 0 Å². The van der Waals surface area contributed by atoms with Gasteiger partial charge in [-0.25, -0.2) is 9.97 Å². The summed E-state index contributed by atoms with van der Waals surface area (Å²) in [6.07, 6.45) is 4.19. The molecule has 0 radical (unpaired) electrons. The minimum absolute atomic E-state index is 0.182. The molecule has 132 valence electrons. The molecule has 1 aromatic carbocycles. The second-order valence-electron chi connectivity index (χ2n) is 6.32. The first-order valence-corrected chi connectivity index (χ1v) is 8.41. The first-order chi connectivity index (χ1) is 12.6. The number of primary amides is 1. The van der Waals surface area contributed by atoms with E-state index in [4.69, 9.17) is 5.73 Å². The molecule has 2 aliphatic heterocycles. The molecular formula is C18H18N6O2. The van der Waals surface area contributed by atoms with Gasteiger partial charge in [-0.1, -0.05) is 18.2 Å². The maximum absolute atomic E-state index is 12.9. The number of hydrazone groups is 1. The third kappa shape index (κ3) is 2.90. The number of carbonyl (C=O) groups excluding carboxylic acids is 2. The van der Waals surface area contributed by atoms with E-state index in [1.807, 2.05) is 30.3 Å². The highest BCUT2D eigenvalue weighted by Crippen LogP contribution is 2.26. The molecule has 2 amide bonds. The number of aromatic nitrogens is 2. The van der Waals surface area contributed by atoms with Gasteiger partial charge in [-0.2, -0.15) is 5.10 Å². The highest BCUT2D eigenvalue weighted by molar-refractivity contribution is 6.40. The third-order valence-corrected chi connectivity index (χ3v) is 4.67. The number of carbonyl (C=O) groups is 2. The van der Waals surface area contributed by atoms with Gasteiger partial charge in [0.2, 0.25) is 5.91 Å². The van der Waals surface area contributed by atoms with Crippen LogP contribution >= 0.6 is 0 Å². The van der Waals surface area contributed by atoms with E-state index in [0.717, 1.165) is 16.9 Å². The Morgan fingerprint density at radius 3 is 2.77 bits per heavy atom. The molecule has 0 saturated carbocycles.